The summed E-state index contributed by atoms with van der Waals surface area (Å²) in [5.41, 5.74) is 1.01. The van der Waals surface area contributed by atoms with Crippen LogP contribution in [0.15, 0.2) is 63.9 Å². The molecule has 1 aromatic heterocycles. The van der Waals surface area contributed by atoms with Gasteiger partial charge in [0, 0.05) is 27.2 Å². The standard InChI is InChI=1S/C22H12Cl3NO4S/c23-13-3-1-12(2-4-13)18(27)11-26-21(28)20(31-22(26)29)10-15-6-8-19(30-15)16-7-5-14(24)9-17(16)25/h1-10H,11H2/b20-10+. The fourth-order valence-corrected chi connectivity index (χ4v) is 4.35. The van der Waals surface area contributed by atoms with Crippen molar-refractivity contribution in [2.75, 3.05) is 6.54 Å². The number of imide groups is 1. The molecule has 0 saturated carbocycles. The number of Topliss-reactive ketones (excluding diaryl/α,β-unsaturated/α-hetero) is 1. The number of carbonyl (C=O) groups is 3. The number of amides is 2. The highest BCUT2D eigenvalue weighted by Crippen LogP contribution is 2.35. The molecule has 0 unspecified atom stereocenters. The molecule has 1 fully saturated rings. The lowest BCUT2D eigenvalue weighted by Gasteiger charge is -2.11. The normalized spacial score (nSPS) is 15.2. The second kappa shape index (κ2) is 8.93. The Labute approximate surface area is 196 Å². The van der Waals surface area contributed by atoms with E-state index in [0.717, 1.165) is 16.7 Å². The van der Waals surface area contributed by atoms with Crippen LogP contribution in [0.3, 0.4) is 0 Å². The Morgan fingerprint density at radius 1 is 0.968 bits per heavy atom. The van der Waals surface area contributed by atoms with Gasteiger partial charge in [0.25, 0.3) is 11.1 Å². The van der Waals surface area contributed by atoms with Crippen molar-refractivity contribution in [3.63, 3.8) is 0 Å². The van der Waals surface area contributed by atoms with Gasteiger partial charge in [-0.15, -0.1) is 0 Å². The van der Waals surface area contributed by atoms with E-state index in [4.69, 9.17) is 39.2 Å². The summed E-state index contributed by atoms with van der Waals surface area (Å²) in [5, 5.41) is 0.895. The largest absolute Gasteiger partial charge is 0.457 e. The predicted molar refractivity (Wildman–Crippen MR) is 123 cm³/mol. The van der Waals surface area contributed by atoms with Crippen molar-refractivity contribution in [3.8, 4) is 11.3 Å². The second-order valence-electron chi connectivity index (χ2n) is 6.52. The number of carbonyl (C=O) groups excluding carboxylic acids is 3. The Bertz CT molecular complexity index is 1230. The zero-order chi connectivity index (χ0) is 22.1. The van der Waals surface area contributed by atoms with E-state index in [9.17, 15) is 14.4 Å². The molecular weight excluding hydrogens is 481 g/mol. The van der Waals surface area contributed by atoms with E-state index in [0.29, 0.717) is 37.7 Å². The molecule has 1 saturated heterocycles. The summed E-state index contributed by atoms with van der Waals surface area (Å²) in [6.45, 7) is -0.354. The van der Waals surface area contributed by atoms with Gasteiger partial charge < -0.3 is 4.42 Å². The molecule has 156 valence electrons. The first-order valence-electron chi connectivity index (χ1n) is 8.91. The maximum Gasteiger partial charge on any atom is 0.293 e. The quantitative estimate of drug-likeness (QED) is 0.288. The molecule has 5 nitrogen and oxygen atoms in total. The Hall–Kier alpha value is -2.51. The summed E-state index contributed by atoms with van der Waals surface area (Å²) in [5.74, 6) is -0.0572. The minimum absolute atomic E-state index is 0.164. The monoisotopic (exact) mass is 491 g/mol. The third-order valence-electron chi connectivity index (χ3n) is 4.44. The molecule has 0 N–H and O–H groups in total. The summed E-state index contributed by atoms with van der Waals surface area (Å²) in [4.78, 5) is 38.5. The van der Waals surface area contributed by atoms with E-state index < -0.39 is 11.1 Å². The molecule has 9 heteroatoms. The van der Waals surface area contributed by atoms with Crippen LogP contribution < -0.4 is 0 Å². The number of thioether (sulfide) groups is 1. The summed E-state index contributed by atoms with van der Waals surface area (Å²) in [7, 11) is 0. The number of hydrogen-bond acceptors (Lipinski definition) is 5. The van der Waals surface area contributed by atoms with E-state index in [1.54, 1.807) is 54.6 Å². The van der Waals surface area contributed by atoms with E-state index in [1.165, 1.54) is 6.08 Å². The number of rotatable bonds is 5. The van der Waals surface area contributed by atoms with Crippen LogP contribution in [-0.2, 0) is 4.79 Å². The number of furan rings is 1. The fraction of sp³-hybridized carbons (Fsp3) is 0.0455. The third-order valence-corrected chi connectivity index (χ3v) is 6.15. The SMILES string of the molecule is O=C(CN1C(=O)S/C(=C/c2ccc(-c3ccc(Cl)cc3Cl)o2)C1=O)c1ccc(Cl)cc1. The predicted octanol–water partition coefficient (Wildman–Crippen LogP) is 6.83. The number of halogens is 3. The maximum atomic E-state index is 12.7. The van der Waals surface area contributed by atoms with Crippen molar-refractivity contribution < 1.29 is 18.8 Å². The highest BCUT2D eigenvalue weighted by atomic mass is 35.5. The molecule has 0 atom stereocenters. The number of nitrogens with zero attached hydrogens (tertiary/aromatic N) is 1. The molecular formula is C22H12Cl3NO4S. The van der Waals surface area contributed by atoms with Crippen molar-refractivity contribution in [1.29, 1.82) is 0 Å². The zero-order valence-electron chi connectivity index (χ0n) is 15.6. The zero-order valence-corrected chi connectivity index (χ0v) is 18.7. The molecule has 1 aliphatic rings. The van der Waals surface area contributed by atoms with E-state index >= 15 is 0 Å². The van der Waals surface area contributed by atoms with Crippen molar-refractivity contribution in [2.24, 2.45) is 0 Å². The van der Waals surface area contributed by atoms with E-state index in [2.05, 4.69) is 0 Å². The minimum atomic E-state index is -0.556. The van der Waals surface area contributed by atoms with Gasteiger partial charge in [0.15, 0.2) is 5.78 Å². The average molecular weight is 493 g/mol. The lowest BCUT2D eigenvalue weighted by Crippen LogP contribution is -2.33. The summed E-state index contributed by atoms with van der Waals surface area (Å²) < 4.78 is 5.75. The van der Waals surface area contributed by atoms with Gasteiger partial charge in [-0.1, -0.05) is 34.8 Å². The van der Waals surface area contributed by atoms with Gasteiger partial charge in [0.2, 0.25) is 0 Å². The Morgan fingerprint density at radius 2 is 1.68 bits per heavy atom. The number of ketones is 1. The van der Waals surface area contributed by atoms with Gasteiger partial charge in [-0.05, 0) is 66.4 Å². The van der Waals surface area contributed by atoms with Crippen LogP contribution in [0.4, 0.5) is 4.79 Å². The average Bonchev–Trinajstić information content (AvgIpc) is 3.28. The lowest BCUT2D eigenvalue weighted by molar-refractivity contribution is -0.122. The van der Waals surface area contributed by atoms with Crippen molar-refractivity contribution >= 4 is 69.6 Å². The van der Waals surface area contributed by atoms with Crippen LogP contribution in [0.5, 0.6) is 0 Å². The smallest absolute Gasteiger partial charge is 0.293 e. The minimum Gasteiger partial charge on any atom is -0.457 e. The van der Waals surface area contributed by atoms with Gasteiger partial charge in [-0.25, -0.2) is 0 Å². The summed E-state index contributed by atoms with van der Waals surface area (Å²) in [6.07, 6.45) is 1.46. The molecule has 0 radical (unpaired) electrons. The van der Waals surface area contributed by atoms with E-state index in [-0.39, 0.29) is 17.2 Å². The van der Waals surface area contributed by atoms with Gasteiger partial charge in [0.1, 0.15) is 11.5 Å². The fourth-order valence-electron chi connectivity index (χ4n) is 2.90. The molecule has 3 aromatic rings. The Balaban J connectivity index is 1.51. The molecule has 0 aliphatic carbocycles. The Kier molecular flexibility index (Phi) is 6.25. The number of benzene rings is 2. The van der Waals surface area contributed by atoms with Crippen molar-refractivity contribution in [3.05, 3.63) is 85.9 Å². The number of hydrogen-bond donors (Lipinski definition) is 0. The highest BCUT2D eigenvalue weighted by Gasteiger charge is 2.36. The molecule has 0 bridgehead atoms. The van der Waals surface area contributed by atoms with Crippen LogP contribution in [-0.4, -0.2) is 28.4 Å². The molecule has 2 aromatic carbocycles. The van der Waals surface area contributed by atoms with Crippen LogP contribution in [0.2, 0.25) is 15.1 Å². The molecule has 31 heavy (non-hydrogen) atoms. The van der Waals surface area contributed by atoms with Crippen LogP contribution in [0, 0.1) is 0 Å². The topological polar surface area (TPSA) is 67.6 Å². The van der Waals surface area contributed by atoms with Crippen LogP contribution in [0.25, 0.3) is 17.4 Å². The molecule has 2 heterocycles. The van der Waals surface area contributed by atoms with Gasteiger partial charge in [-0.2, -0.15) is 0 Å². The maximum absolute atomic E-state index is 12.7. The molecule has 2 amide bonds. The molecule has 0 spiro atoms. The highest BCUT2D eigenvalue weighted by molar-refractivity contribution is 8.18. The van der Waals surface area contributed by atoms with Crippen LogP contribution >= 0.6 is 46.6 Å². The third kappa shape index (κ3) is 4.72. The second-order valence-corrected chi connectivity index (χ2v) is 8.80. The van der Waals surface area contributed by atoms with E-state index in [1.807, 2.05) is 0 Å². The summed E-state index contributed by atoms with van der Waals surface area (Å²) >= 11 is 18.7. The summed E-state index contributed by atoms with van der Waals surface area (Å²) in [6, 6.07) is 14.6. The van der Waals surface area contributed by atoms with Gasteiger partial charge >= 0.3 is 0 Å². The first-order valence-corrected chi connectivity index (χ1v) is 10.9. The molecule has 1 aliphatic heterocycles. The first kappa shape index (κ1) is 21.7. The van der Waals surface area contributed by atoms with Crippen molar-refractivity contribution in [2.45, 2.75) is 0 Å². The lowest BCUT2D eigenvalue weighted by atomic mass is 10.1. The Morgan fingerprint density at radius 3 is 2.39 bits per heavy atom. The molecule has 4 rings (SSSR count). The van der Waals surface area contributed by atoms with Gasteiger partial charge in [-0.3, -0.25) is 19.3 Å². The van der Waals surface area contributed by atoms with Crippen molar-refractivity contribution in [1.82, 2.24) is 4.90 Å². The van der Waals surface area contributed by atoms with Crippen LogP contribution in [0.1, 0.15) is 16.1 Å². The first-order chi connectivity index (χ1) is 14.8. The van der Waals surface area contributed by atoms with Gasteiger partial charge in [0.05, 0.1) is 16.5 Å².